The zero-order valence-electron chi connectivity index (χ0n) is 12.9. The van der Waals surface area contributed by atoms with Gasteiger partial charge in [-0.3, -0.25) is 0 Å². The van der Waals surface area contributed by atoms with Gasteiger partial charge in [-0.1, -0.05) is 62.9 Å². The van der Waals surface area contributed by atoms with Crippen molar-refractivity contribution in [2.24, 2.45) is 0 Å². The van der Waals surface area contributed by atoms with Gasteiger partial charge in [-0.25, -0.2) is 4.98 Å². The normalized spacial score (nSPS) is 11.1. The number of hydrogen-bond donors (Lipinski definition) is 1. The number of aromatic nitrogens is 3. The van der Waals surface area contributed by atoms with Crippen LogP contribution in [0.25, 0.3) is 22.4 Å². The van der Waals surface area contributed by atoms with Crippen LogP contribution in [0, 0.1) is 0 Å². The van der Waals surface area contributed by atoms with E-state index in [1.807, 2.05) is 36.4 Å². The molecule has 0 amide bonds. The molecule has 0 radical (unpaired) electrons. The molecule has 0 atom stereocenters. The van der Waals surface area contributed by atoms with E-state index in [9.17, 15) is 0 Å². The van der Waals surface area contributed by atoms with Crippen LogP contribution in [0.4, 0.5) is 0 Å². The van der Waals surface area contributed by atoms with Crippen LogP contribution in [0.3, 0.4) is 0 Å². The fraction of sp³-hybridized carbons (Fsp3) is 0. The Labute approximate surface area is 172 Å². The van der Waals surface area contributed by atoms with Crippen LogP contribution >= 0.6 is 50.7 Å². The van der Waals surface area contributed by atoms with E-state index in [-0.39, 0.29) is 21.1 Å². The van der Waals surface area contributed by atoms with Crippen molar-refractivity contribution in [2.45, 2.75) is 0 Å². The van der Waals surface area contributed by atoms with Gasteiger partial charge in [0, 0.05) is 10.0 Å². The summed E-state index contributed by atoms with van der Waals surface area (Å²) in [6, 6.07) is 14.8. The van der Waals surface area contributed by atoms with Gasteiger partial charge in [-0.2, -0.15) is 4.98 Å². The Morgan fingerprint density at radius 3 is 2.62 bits per heavy atom. The van der Waals surface area contributed by atoms with Crippen molar-refractivity contribution in [1.82, 2.24) is 15.0 Å². The largest absolute Gasteiger partial charge is 0.437 e. The highest BCUT2D eigenvalue weighted by molar-refractivity contribution is 9.10. The van der Waals surface area contributed by atoms with E-state index in [0.29, 0.717) is 5.75 Å². The van der Waals surface area contributed by atoms with Crippen molar-refractivity contribution < 1.29 is 4.74 Å². The van der Waals surface area contributed by atoms with Gasteiger partial charge in [0.2, 0.25) is 5.88 Å². The van der Waals surface area contributed by atoms with Crippen molar-refractivity contribution >= 4 is 61.8 Å². The number of aromatic amines is 1. The third-order valence-corrected chi connectivity index (χ3v) is 5.06. The Hall–Kier alpha value is -1.79. The van der Waals surface area contributed by atoms with Gasteiger partial charge in [0.25, 0.3) is 0 Å². The molecular formula is C18H9BrCl3N3O. The monoisotopic (exact) mass is 467 g/mol. The summed E-state index contributed by atoms with van der Waals surface area (Å²) in [6.45, 7) is 0. The molecule has 2 aromatic carbocycles. The number of nitrogens with zero attached hydrogens (tertiary/aromatic N) is 2. The molecule has 4 rings (SSSR count). The van der Waals surface area contributed by atoms with Crippen molar-refractivity contribution in [3.8, 4) is 23.0 Å². The number of halogens is 4. The molecule has 4 nitrogen and oxygen atoms in total. The number of pyridine rings is 1. The fourth-order valence-electron chi connectivity index (χ4n) is 2.44. The van der Waals surface area contributed by atoms with E-state index < -0.39 is 0 Å². The Kier molecular flexibility index (Phi) is 4.80. The summed E-state index contributed by atoms with van der Waals surface area (Å²) in [6.07, 6.45) is 0. The highest BCUT2D eigenvalue weighted by Gasteiger charge is 2.12. The molecule has 0 unspecified atom stereocenters. The van der Waals surface area contributed by atoms with E-state index in [2.05, 4.69) is 30.9 Å². The summed E-state index contributed by atoms with van der Waals surface area (Å²) >= 11 is 21.4. The zero-order valence-corrected chi connectivity index (χ0v) is 16.8. The average molecular weight is 470 g/mol. The van der Waals surface area contributed by atoms with Gasteiger partial charge < -0.3 is 9.72 Å². The summed E-state index contributed by atoms with van der Waals surface area (Å²) in [5.74, 6) is 1.47. The summed E-state index contributed by atoms with van der Waals surface area (Å²) in [4.78, 5) is 12.0. The molecule has 130 valence electrons. The Morgan fingerprint density at radius 1 is 0.923 bits per heavy atom. The number of benzene rings is 2. The molecule has 8 heteroatoms. The first kappa shape index (κ1) is 17.6. The lowest BCUT2D eigenvalue weighted by atomic mass is 10.2. The van der Waals surface area contributed by atoms with E-state index in [1.54, 1.807) is 6.07 Å². The molecular weight excluding hydrogens is 460 g/mol. The van der Waals surface area contributed by atoms with Crippen molar-refractivity contribution in [1.29, 1.82) is 0 Å². The van der Waals surface area contributed by atoms with Crippen molar-refractivity contribution in [3.05, 3.63) is 68.2 Å². The van der Waals surface area contributed by atoms with Crippen LogP contribution in [0.5, 0.6) is 11.6 Å². The highest BCUT2D eigenvalue weighted by atomic mass is 79.9. The Morgan fingerprint density at radius 2 is 1.77 bits per heavy atom. The number of ether oxygens (including phenoxy) is 1. The van der Waals surface area contributed by atoms with Crippen molar-refractivity contribution in [3.63, 3.8) is 0 Å². The number of imidazole rings is 1. The smallest absolute Gasteiger partial charge is 0.239 e. The molecule has 4 aromatic rings. The Bertz CT molecular complexity index is 1130. The number of hydrogen-bond acceptors (Lipinski definition) is 3. The predicted octanol–water partition coefficient (Wildman–Crippen LogP) is 7.14. The first-order valence-corrected chi connectivity index (χ1v) is 9.37. The predicted molar refractivity (Wildman–Crippen MR) is 109 cm³/mol. The van der Waals surface area contributed by atoms with Gasteiger partial charge in [-0.05, 0) is 36.4 Å². The summed E-state index contributed by atoms with van der Waals surface area (Å²) in [7, 11) is 0. The van der Waals surface area contributed by atoms with Gasteiger partial charge in [0.05, 0.1) is 16.1 Å². The van der Waals surface area contributed by atoms with Gasteiger partial charge >= 0.3 is 0 Å². The topological polar surface area (TPSA) is 50.8 Å². The minimum Gasteiger partial charge on any atom is -0.437 e. The average Bonchev–Trinajstić information content (AvgIpc) is 3.03. The zero-order chi connectivity index (χ0) is 18.3. The summed E-state index contributed by atoms with van der Waals surface area (Å²) in [5.41, 5.74) is 2.68. The van der Waals surface area contributed by atoms with E-state index in [1.165, 1.54) is 6.07 Å². The molecule has 0 spiro atoms. The molecule has 26 heavy (non-hydrogen) atoms. The second-order valence-electron chi connectivity index (χ2n) is 5.42. The van der Waals surface area contributed by atoms with Gasteiger partial charge in [0.15, 0.2) is 5.15 Å². The second-order valence-corrected chi connectivity index (χ2v) is 7.51. The van der Waals surface area contributed by atoms with Crippen LogP contribution in [-0.4, -0.2) is 15.0 Å². The molecule has 0 bridgehead atoms. The maximum absolute atomic E-state index is 6.12. The lowest BCUT2D eigenvalue weighted by molar-refractivity contribution is 0.463. The maximum Gasteiger partial charge on any atom is 0.239 e. The third kappa shape index (κ3) is 3.53. The molecule has 0 saturated carbocycles. The van der Waals surface area contributed by atoms with Crippen LogP contribution < -0.4 is 4.74 Å². The molecule has 0 aliphatic rings. The quantitative estimate of drug-likeness (QED) is 0.325. The molecule has 0 fully saturated rings. The summed E-state index contributed by atoms with van der Waals surface area (Å²) < 4.78 is 6.75. The van der Waals surface area contributed by atoms with Crippen LogP contribution in [-0.2, 0) is 0 Å². The number of nitrogens with one attached hydrogen (secondary N) is 1. The standard InChI is InChI=1S/C18H9BrCl3N3O/c19-10-4-5-14-15(7-10)24-17(23-14)9-2-1-3-11(6-9)26-18-13(21)8-12(20)16(22)25-18/h1-8H,(H,23,24). The highest BCUT2D eigenvalue weighted by Crippen LogP contribution is 2.34. The third-order valence-electron chi connectivity index (χ3n) is 3.62. The molecule has 2 heterocycles. The first-order chi connectivity index (χ1) is 12.5. The van der Waals surface area contributed by atoms with Crippen LogP contribution in [0.1, 0.15) is 0 Å². The van der Waals surface area contributed by atoms with Crippen molar-refractivity contribution in [2.75, 3.05) is 0 Å². The molecule has 2 aromatic heterocycles. The van der Waals surface area contributed by atoms with Gasteiger partial charge in [0.1, 0.15) is 16.6 Å². The molecule has 0 aliphatic carbocycles. The lowest BCUT2D eigenvalue weighted by Gasteiger charge is -2.08. The minimum atomic E-state index is 0.130. The lowest BCUT2D eigenvalue weighted by Crippen LogP contribution is -1.91. The van der Waals surface area contributed by atoms with E-state index in [4.69, 9.17) is 39.5 Å². The molecule has 0 aliphatic heterocycles. The van der Waals surface area contributed by atoms with Gasteiger partial charge in [-0.15, -0.1) is 0 Å². The number of fused-ring (bicyclic) bond motifs is 1. The van der Waals surface area contributed by atoms with Crippen LogP contribution in [0.15, 0.2) is 53.0 Å². The minimum absolute atomic E-state index is 0.130. The molecule has 1 N–H and O–H groups in total. The maximum atomic E-state index is 6.12. The number of H-pyrrole nitrogens is 1. The van der Waals surface area contributed by atoms with E-state index >= 15 is 0 Å². The second kappa shape index (κ2) is 7.08. The first-order valence-electron chi connectivity index (χ1n) is 7.45. The fourth-order valence-corrected chi connectivity index (χ4v) is 3.33. The number of rotatable bonds is 3. The molecule has 0 saturated heterocycles. The Balaban J connectivity index is 1.69. The summed E-state index contributed by atoms with van der Waals surface area (Å²) in [5, 5.41) is 0.676. The van der Waals surface area contributed by atoms with Crippen LogP contribution in [0.2, 0.25) is 15.2 Å². The van der Waals surface area contributed by atoms with E-state index in [0.717, 1.165) is 26.9 Å². The SMILES string of the molecule is Clc1cc(Cl)c(Oc2cccc(-c3nc4ccc(Br)cc4[nH]3)c2)nc1Cl.